The van der Waals surface area contributed by atoms with Crippen LogP contribution < -0.4 is 0 Å². The second-order valence-electron chi connectivity index (χ2n) is 4.14. The molecular weight excluding hydrogens is 222 g/mol. The lowest BCUT2D eigenvalue weighted by molar-refractivity contribution is -0.0442. The fraction of sp³-hybridized carbons (Fsp3) is 0.583. The van der Waals surface area contributed by atoms with Gasteiger partial charge in [0, 0.05) is 6.54 Å². The molecule has 0 radical (unpaired) electrons. The average molecular weight is 239 g/mol. The SMILES string of the molecule is CCC1COC(C)CN1C(=O)c1cccs1. The summed E-state index contributed by atoms with van der Waals surface area (Å²) in [7, 11) is 0. The fourth-order valence-electron chi connectivity index (χ4n) is 1.97. The molecule has 0 N–H and O–H groups in total. The van der Waals surface area contributed by atoms with Gasteiger partial charge in [-0.15, -0.1) is 11.3 Å². The van der Waals surface area contributed by atoms with Gasteiger partial charge in [0.2, 0.25) is 0 Å². The van der Waals surface area contributed by atoms with Crippen LogP contribution in [0.1, 0.15) is 29.9 Å². The number of amides is 1. The van der Waals surface area contributed by atoms with Crippen molar-refractivity contribution in [2.75, 3.05) is 13.2 Å². The van der Waals surface area contributed by atoms with Crippen LogP contribution in [0.4, 0.5) is 0 Å². The third-order valence-electron chi connectivity index (χ3n) is 2.93. The zero-order valence-electron chi connectivity index (χ0n) is 9.68. The van der Waals surface area contributed by atoms with E-state index in [4.69, 9.17) is 4.74 Å². The quantitative estimate of drug-likeness (QED) is 0.793. The minimum absolute atomic E-state index is 0.145. The molecule has 16 heavy (non-hydrogen) atoms. The van der Waals surface area contributed by atoms with Gasteiger partial charge in [-0.1, -0.05) is 13.0 Å². The Balaban J connectivity index is 2.13. The van der Waals surface area contributed by atoms with E-state index < -0.39 is 0 Å². The van der Waals surface area contributed by atoms with Crippen LogP contribution in [0.5, 0.6) is 0 Å². The number of carbonyl (C=O) groups excluding carboxylic acids is 1. The Morgan fingerprint density at radius 2 is 2.50 bits per heavy atom. The lowest BCUT2D eigenvalue weighted by Crippen LogP contribution is -2.51. The first kappa shape index (κ1) is 11.6. The smallest absolute Gasteiger partial charge is 0.264 e. The van der Waals surface area contributed by atoms with Crippen molar-refractivity contribution in [2.24, 2.45) is 0 Å². The minimum Gasteiger partial charge on any atom is -0.375 e. The van der Waals surface area contributed by atoms with E-state index in [1.807, 2.05) is 29.3 Å². The van der Waals surface area contributed by atoms with E-state index in [0.717, 1.165) is 11.3 Å². The highest BCUT2D eigenvalue weighted by atomic mass is 32.1. The zero-order chi connectivity index (χ0) is 11.5. The van der Waals surface area contributed by atoms with Crippen molar-refractivity contribution < 1.29 is 9.53 Å². The van der Waals surface area contributed by atoms with Gasteiger partial charge >= 0.3 is 0 Å². The van der Waals surface area contributed by atoms with E-state index in [2.05, 4.69) is 6.92 Å². The number of morpholine rings is 1. The molecule has 0 saturated carbocycles. The standard InChI is InChI=1S/C12H17NO2S/c1-3-10-8-15-9(2)7-13(10)12(14)11-5-4-6-16-11/h4-6,9-10H,3,7-8H2,1-2H3. The highest BCUT2D eigenvalue weighted by Crippen LogP contribution is 2.19. The predicted octanol–water partition coefficient (Wildman–Crippen LogP) is 2.39. The molecule has 1 aromatic rings. The summed E-state index contributed by atoms with van der Waals surface area (Å²) in [5.41, 5.74) is 0. The summed E-state index contributed by atoms with van der Waals surface area (Å²) in [6.07, 6.45) is 1.09. The predicted molar refractivity (Wildman–Crippen MR) is 64.8 cm³/mol. The Labute approximate surface area is 100 Å². The molecule has 2 rings (SSSR count). The molecule has 88 valence electrons. The number of hydrogen-bond acceptors (Lipinski definition) is 3. The molecule has 1 aliphatic heterocycles. The Hall–Kier alpha value is -0.870. The number of nitrogens with zero attached hydrogens (tertiary/aromatic N) is 1. The third-order valence-corrected chi connectivity index (χ3v) is 3.79. The second kappa shape index (κ2) is 4.97. The van der Waals surface area contributed by atoms with Gasteiger partial charge in [-0.3, -0.25) is 4.79 Å². The highest BCUT2D eigenvalue weighted by molar-refractivity contribution is 7.12. The maximum atomic E-state index is 12.3. The molecule has 0 aliphatic carbocycles. The molecule has 2 atom stereocenters. The Bertz CT molecular complexity index is 350. The summed E-state index contributed by atoms with van der Waals surface area (Å²) in [5.74, 6) is 0.150. The number of thiophene rings is 1. The molecule has 1 saturated heterocycles. The van der Waals surface area contributed by atoms with Gasteiger partial charge in [-0.25, -0.2) is 0 Å². The first-order chi connectivity index (χ1) is 7.72. The van der Waals surface area contributed by atoms with Gasteiger partial charge in [-0.05, 0) is 24.8 Å². The van der Waals surface area contributed by atoms with E-state index >= 15 is 0 Å². The third kappa shape index (κ3) is 2.28. The Kier molecular flexibility index (Phi) is 3.61. The van der Waals surface area contributed by atoms with Gasteiger partial charge in [0.05, 0.1) is 23.6 Å². The van der Waals surface area contributed by atoms with Crippen molar-refractivity contribution in [2.45, 2.75) is 32.4 Å². The normalized spacial score (nSPS) is 25.8. The first-order valence-electron chi connectivity index (χ1n) is 5.68. The first-order valence-corrected chi connectivity index (χ1v) is 6.56. The lowest BCUT2D eigenvalue weighted by atomic mass is 10.1. The molecule has 1 aliphatic rings. The number of rotatable bonds is 2. The van der Waals surface area contributed by atoms with Crippen LogP contribution in [-0.2, 0) is 4.74 Å². The van der Waals surface area contributed by atoms with Crippen LogP contribution in [-0.4, -0.2) is 36.1 Å². The van der Waals surface area contributed by atoms with Crippen molar-refractivity contribution in [3.63, 3.8) is 0 Å². The number of hydrogen-bond donors (Lipinski definition) is 0. The highest BCUT2D eigenvalue weighted by Gasteiger charge is 2.30. The van der Waals surface area contributed by atoms with E-state index in [1.165, 1.54) is 11.3 Å². The lowest BCUT2D eigenvalue weighted by Gasteiger charge is -2.38. The van der Waals surface area contributed by atoms with E-state index in [-0.39, 0.29) is 18.1 Å². The summed E-state index contributed by atoms with van der Waals surface area (Å²) in [5, 5.41) is 1.94. The van der Waals surface area contributed by atoms with Crippen molar-refractivity contribution in [1.29, 1.82) is 0 Å². The molecular formula is C12H17NO2S. The van der Waals surface area contributed by atoms with E-state index in [0.29, 0.717) is 13.2 Å². The van der Waals surface area contributed by atoms with Crippen molar-refractivity contribution in [1.82, 2.24) is 4.90 Å². The van der Waals surface area contributed by atoms with E-state index in [9.17, 15) is 4.79 Å². The zero-order valence-corrected chi connectivity index (χ0v) is 10.5. The van der Waals surface area contributed by atoms with Crippen molar-refractivity contribution >= 4 is 17.2 Å². The average Bonchev–Trinajstić information content (AvgIpc) is 2.81. The molecule has 2 unspecified atom stereocenters. The monoisotopic (exact) mass is 239 g/mol. The molecule has 2 heterocycles. The summed E-state index contributed by atoms with van der Waals surface area (Å²) in [6.45, 7) is 5.48. The molecule has 4 heteroatoms. The summed E-state index contributed by atoms with van der Waals surface area (Å²) in [6, 6.07) is 4.04. The molecule has 3 nitrogen and oxygen atoms in total. The van der Waals surface area contributed by atoms with Crippen molar-refractivity contribution in [3.8, 4) is 0 Å². The molecule has 1 aromatic heterocycles. The topological polar surface area (TPSA) is 29.5 Å². The summed E-state index contributed by atoms with van der Waals surface area (Å²) < 4.78 is 5.59. The minimum atomic E-state index is 0.145. The number of carbonyl (C=O) groups is 1. The second-order valence-corrected chi connectivity index (χ2v) is 5.09. The summed E-state index contributed by atoms with van der Waals surface area (Å²) in [4.78, 5) is 15.0. The van der Waals surface area contributed by atoms with Gasteiger partial charge in [0.25, 0.3) is 5.91 Å². The summed E-state index contributed by atoms with van der Waals surface area (Å²) >= 11 is 1.51. The molecule has 0 bridgehead atoms. The maximum absolute atomic E-state index is 12.3. The molecule has 1 fully saturated rings. The van der Waals surface area contributed by atoms with Crippen LogP contribution in [0.25, 0.3) is 0 Å². The Morgan fingerprint density at radius 3 is 3.12 bits per heavy atom. The Morgan fingerprint density at radius 1 is 1.69 bits per heavy atom. The van der Waals surface area contributed by atoms with Crippen molar-refractivity contribution in [3.05, 3.63) is 22.4 Å². The van der Waals surface area contributed by atoms with Crippen LogP contribution >= 0.6 is 11.3 Å². The van der Waals surface area contributed by atoms with Crippen LogP contribution in [0.3, 0.4) is 0 Å². The van der Waals surface area contributed by atoms with Gasteiger partial charge in [-0.2, -0.15) is 0 Å². The van der Waals surface area contributed by atoms with Gasteiger partial charge in [0.15, 0.2) is 0 Å². The molecule has 0 spiro atoms. The van der Waals surface area contributed by atoms with Crippen LogP contribution in [0.2, 0.25) is 0 Å². The largest absolute Gasteiger partial charge is 0.375 e. The molecule has 0 aromatic carbocycles. The van der Waals surface area contributed by atoms with Crippen LogP contribution in [0.15, 0.2) is 17.5 Å². The van der Waals surface area contributed by atoms with Gasteiger partial charge < -0.3 is 9.64 Å². The molecule has 1 amide bonds. The van der Waals surface area contributed by atoms with Crippen LogP contribution in [0, 0.1) is 0 Å². The number of ether oxygens (including phenoxy) is 1. The van der Waals surface area contributed by atoms with E-state index in [1.54, 1.807) is 0 Å². The van der Waals surface area contributed by atoms with Gasteiger partial charge in [0.1, 0.15) is 0 Å². The fourth-order valence-corrected chi connectivity index (χ4v) is 2.65. The maximum Gasteiger partial charge on any atom is 0.264 e.